The van der Waals surface area contributed by atoms with Crippen molar-refractivity contribution in [3.63, 3.8) is 0 Å². The Morgan fingerprint density at radius 1 is 0.913 bits per heavy atom. The lowest BCUT2D eigenvalue weighted by atomic mass is 10.1. The van der Waals surface area contributed by atoms with Crippen LogP contribution in [0.4, 0.5) is 0 Å². The van der Waals surface area contributed by atoms with Crippen molar-refractivity contribution in [2.24, 2.45) is 0 Å². The van der Waals surface area contributed by atoms with Gasteiger partial charge in [-0.25, -0.2) is 9.50 Å². The van der Waals surface area contributed by atoms with E-state index in [0.717, 1.165) is 41.2 Å². The lowest BCUT2D eigenvalue weighted by Gasteiger charge is -2.05. The first-order chi connectivity index (χ1) is 11.2. The molecule has 0 N–H and O–H groups in total. The monoisotopic (exact) mass is 302 g/mol. The second-order valence-electron chi connectivity index (χ2n) is 5.91. The highest BCUT2D eigenvalue weighted by atomic mass is 15.3. The van der Waals surface area contributed by atoms with Gasteiger partial charge in [0.05, 0.1) is 5.52 Å². The van der Waals surface area contributed by atoms with Gasteiger partial charge in [0, 0.05) is 23.2 Å². The van der Waals surface area contributed by atoms with Crippen LogP contribution in [-0.2, 0) is 12.8 Å². The first-order valence-electron chi connectivity index (χ1n) is 7.87. The molecule has 3 aromatic heterocycles. The van der Waals surface area contributed by atoms with Gasteiger partial charge in [-0.1, -0.05) is 24.3 Å². The molecule has 0 radical (unpaired) electrons. The zero-order valence-corrected chi connectivity index (χ0v) is 13.3. The number of fused-ring (bicyclic) bond motifs is 2. The number of aromatic nitrogens is 4. The molecule has 4 heteroatoms. The molecule has 0 saturated heterocycles. The fourth-order valence-electron chi connectivity index (χ4n) is 2.97. The molecule has 0 spiro atoms. The Hall–Kier alpha value is -2.75. The fourth-order valence-corrected chi connectivity index (χ4v) is 2.97. The minimum Gasteiger partial charge on any atom is -0.253 e. The summed E-state index contributed by atoms with van der Waals surface area (Å²) in [5, 5.41) is 5.81. The van der Waals surface area contributed by atoms with Crippen molar-refractivity contribution in [3.05, 3.63) is 71.3 Å². The largest absolute Gasteiger partial charge is 0.253 e. The molecule has 0 bridgehead atoms. The quantitative estimate of drug-likeness (QED) is 0.580. The number of para-hydroxylation sites is 1. The average Bonchev–Trinajstić information content (AvgIpc) is 2.98. The van der Waals surface area contributed by atoms with E-state index in [1.54, 1.807) is 0 Å². The summed E-state index contributed by atoms with van der Waals surface area (Å²) in [4.78, 5) is 9.36. The van der Waals surface area contributed by atoms with E-state index in [2.05, 4.69) is 41.3 Å². The highest BCUT2D eigenvalue weighted by Gasteiger charge is 2.07. The van der Waals surface area contributed by atoms with Gasteiger partial charge >= 0.3 is 0 Å². The van der Waals surface area contributed by atoms with Gasteiger partial charge in [0.15, 0.2) is 11.5 Å². The molecule has 114 valence electrons. The summed E-state index contributed by atoms with van der Waals surface area (Å²) in [6.45, 7) is 4.18. The SMILES string of the molecule is Cc1cc(CCc2nc3cccc(C)n3n2)nc2ccccc12. The van der Waals surface area contributed by atoms with Crippen LogP contribution in [0.25, 0.3) is 16.6 Å². The molecule has 0 unspecified atom stereocenters. The Balaban J connectivity index is 1.61. The van der Waals surface area contributed by atoms with Crippen LogP contribution in [0.1, 0.15) is 22.8 Å². The van der Waals surface area contributed by atoms with Crippen molar-refractivity contribution < 1.29 is 0 Å². The molecule has 0 aliphatic carbocycles. The molecule has 4 rings (SSSR count). The van der Waals surface area contributed by atoms with Crippen molar-refractivity contribution in [2.45, 2.75) is 26.7 Å². The summed E-state index contributed by atoms with van der Waals surface area (Å²) in [7, 11) is 0. The molecular formula is C19H18N4. The zero-order valence-electron chi connectivity index (χ0n) is 13.3. The molecule has 1 aromatic carbocycles. The average molecular weight is 302 g/mol. The predicted molar refractivity (Wildman–Crippen MR) is 91.6 cm³/mol. The summed E-state index contributed by atoms with van der Waals surface area (Å²) in [6, 6.07) is 16.5. The Labute approximate surface area is 134 Å². The van der Waals surface area contributed by atoms with Crippen LogP contribution in [0.15, 0.2) is 48.5 Å². The third-order valence-electron chi connectivity index (χ3n) is 4.17. The van der Waals surface area contributed by atoms with Crippen molar-refractivity contribution >= 4 is 16.6 Å². The van der Waals surface area contributed by atoms with Crippen LogP contribution in [-0.4, -0.2) is 19.6 Å². The molecule has 0 aliphatic heterocycles. The van der Waals surface area contributed by atoms with Crippen molar-refractivity contribution in [3.8, 4) is 0 Å². The summed E-state index contributed by atoms with van der Waals surface area (Å²) in [5.41, 5.74) is 5.42. The summed E-state index contributed by atoms with van der Waals surface area (Å²) >= 11 is 0. The molecule has 0 atom stereocenters. The van der Waals surface area contributed by atoms with Gasteiger partial charge in [-0.3, -0.25) is 4.98 Å². The van der Waals surface area contributed by atoms with Gasteiger partial charge in [-0.15, -0.1) is 0 Å². The van der Waals surface area contributed by atoms with Gasteiger partial charge in [0.1, 0.15) is 0 Å². The minimum atomic E-state index is 0.798. The van der Waals surface area contributed by atoms with Crippen LogP contribution in [0.5, 0.6) is 0 Å². The van der Waals surface area contributed by atoms with E-state index in [9.17, 15) is 0 Å². The molecule has 4 aromatic rings. The van der Waals surface area contributed by atoms with E-state index in [0.29, 0.717) is 0 Å². The normalized spacial score (nSPS) is 11.4. The summed E-state index contributed by atoms with van der Waals surface area (Å²) in [6.07, 6.45) is 1.65. The first-order valence-corrected chi connectivity index (χ1v) is 7.87. The van der Waals surface area contributed by atoms with E-state index < -0.39 is 0 Å². The molecule has 23 heavy (non-hydrogen) atoms. The highest BCUT2D eigenvalue weighted by Crippen LogP contribution is 2.18. The maximum Gasteiger partial charge on any atom is 0.155 e. The molecule has 4 nitrogen and oxygen atoms in total. The Kier molecular flexibility index (Phi) is 3.30. The molecule has 0 aliphatic rings. The lowest BCUT2D eigenvalue weighted by Crippen LogP contribution is -1.99. The van der Waals surface area contributed by atoms with E-state index in [-0.39, 0.29) is 0 Å². The molecular weight excluding hydrogens is 284 g/mol. The smallest absolute Gasteiger partial charge is 0.155 e. The number of pyridine rings is 2. The van der Waals surface area contributed by atoms with Crippen LogP contribution in [0.3, 0.4) is 0 Å². The van der Waals surface area contributed by atoms with E-state index >= 15 is 0 Å². The number of rotatable bonds is 3. The van der Waals surface area contributed by atoms with E-state index in [1.807, 2.05) is 35.7 Å². The Morgan fingerprint density at radius 3 is 2.65 bits per heavy atom. The fraction of sp³-hybridized carbons (Fsp3) is 0.211. The second-order valence-corrected chi connectivity index (χ2v) is 5.91. The van der Waals surface area contributed by atoms with Crippen LogP contribution >= 0.6 is 0 Å². The van der Waals surface area contributed by atoms with Crippen molar-refractivity contribution in [2.75, 3.05) is 0 Å². The molecule has 3 heterocycles. The van der Waals surface area contributed by atoms with Gasteiger partial charge < -0.3 is 0 Å². The number of hydrogen-bond acceptors (Lipinski definition) is 3. The van der Waals surface area contributed by atoms with E-state index in [1.165, 1.54) is 10.9 Å². The number of benzene rings is 1. The third kappa shape index (κ3) is 2.57. The standard InChI is InChI=1S/C19H18N4/c1-13-12-15(20-17-8-4-3-7-16(13)17)10-11-18-21-19-9-5-6-14(2)23(19)22-18/h3-9,12H,10-11H2,1-2H3. The van der Waals surface area contributed by atoms with Crippen LogP contribution in [0, 0.1) is 13.8 Å². The number of hydrogen-bond donors (Lipinski definition) is 0. The highest BCUT2D eigenvalue weighted by molar-refractivity contribution is 5.82. The number of nitrogens with zero attached hydrogens (tertiary/aromatic N) is 4. The summed E-state index contributed by atoms with van der Waals surface area (Å²) < 4.78 is 1.90. The molecule has 0 fully saturated rings. The zero-order chi connectivity index (χ0) is 15.8. The Bertz CT molecular complexity index is 1000. The van der Waals surface area contributed by atoms with Crippen LogP contribution in [0.2, 0.25) is 0 Å². The topological polar surface area (TPSA) is 43.1 Å². The predicted octanol–water partition coefficient (Wildman–Crippen LogP) is 3.68. The Morgan fingerprint density at radius 2 is 1.78 bits per heavy atom. The minimum absolute atomic E-state index is 0.798. The molecule has 0 saturated carbocycles. The van der Waals surface area contributed by atoms with Crippen molar-refractivity contribution in [1.29, 1.82) is 0 Å². The van der Waals surface area contributed by atoms with Gasteiger partial charge in [0.2, 0.25) is 0 Å². The molecule has 0 amide bonds. The third-order valence-corrected chi connectivity index (χ3v) is 4.17. The maximum atomic E-state index is 4.76. The van der Waals surface area contributed by atoms with Crippen LogP contribution < -0.4 is 0 Å². The van der Waals surface area contributed by atoms with Crippen molar-refractivity contribution in [1.82, 2.24) is 19.6 Å². The maximum absolute atomic E-state index is 4.76. The van der Waals surface area contributed by atoms with Gasteiger partial charge in [-0.05, 0) is 50.1 Å². The van der Waals surface area contributed by atoms with Gasteiger partial charge in [0.25, 0.3) is 0 Å². The lowest BCUT2D eigenvalue weighted by molar-refractivity contribution is 0.812. The first kappa shape index (κ1) is 13.9. The van der Waals surface area contributed by atoms with Gasteiger partial charge in [-0.2, -0.15) is 5.10 Å². The van der Waals surface area contributed by atoms with E-state index in [4.69, 9.17) is 4.98 Å². The second kappa shape index (κ2) is 5.47. The summed E-state index contributed by atoms with van der Waals surface area (Å²) in [5.74, 6) is 0.868. The number of aryl methyl sites for hydroxylation is 4.